The molecule has 11 heavy (non-hydrogen) atoms. The molecule has 0 aromatic heterocycles. The summed E-state index contributed by atoms with van der Waals surface area (Å²) in [4.78, 5) is 0. The first-order valence-corrected chi connectivity index (χ1v) is 4.02. The molecular formula is C11H12. The minimum Gasteiger partial charge on any atom is -0.0995 e. The van der Waals surface area contributed by atoms with Crippen molar-refractivity contribution in [3.63, 3.8) is 0 Å². The maximum Gasteiger partial charge on any atom is 0.00859 e. The molecule has 0 saturated heterocycles. The maximum atomic E-state index is 3.98. The van der Waals surface area contributed by atoms with Crippen LogP contribution in [0.25, 0.3) is 0 Å². The average Bonchev–Trinajstić information content (AvgIpc) is 1.90. The molecule has 1 unspecified atom stereocenters. The van der Waals surface area contributed by atoms with Crippen molar-refractivity contribution in [3.05, 3.63) is 47.5 Å². The molecule has 0 heterocycles. The summed E-state index contributed by atoms with van der Waals surface area (Å²) >= 11 is 0. The Balaban J connectivity index is 2.36. The van der Waals surface area contributed by atoms with Crippen molar-refractivity contribution in [2.75, 3.05) is 0 Å². The summed E-state index contributed by atoms with van der Waals surface area (Å²) in [7, 11) is 0. The number of hydrogen-bond acceptors (Lipinski definition) is 0. The molecule has 1 aromatic carbocycles. The van der Waals surface area contributed by atoms with Crippen LogP contribution in [0.2, 0.25) is 0 Å². The lowest BCUT2D eigenvalue weighted by Crippen LogP contribution is -2.16. The van der Waals surface area contributed by atoms with Crippen LogP contribution in [-0.2, 0) is 6.42 Å². The third-order valence-corrected chi connectivity index (χ3v) is 2.45. The highest BCUT2D eigenvalue weighted by atomic mass is 14.3. The Hall–Kier alpha value is -1.04. The van der Waals surface area contributed by atoms with Gasteiger partial charge in [-0.05, 0) is 24.5 Å². The smallest absolute Gasteiger partial charge is 0.00859 e. The zero-order valence-corrected chi connectivity index (χ0v) is 6.80. The van der Waals surface area contributed by atoms with E-state index < -0.39 is 0 Å². The minimum absolute atomic E-state index is 0.645. The van der Waals surface area contributed by atoms with Gasteiger partial charge in [-0.25, -0.2) is 0 Å². The minimum atomic E-state index is 0.645. The Bertz CT molecular complexity index is 297. The summed E-state index contributed by atoms with van der Waals surface area (Å²) in [5.74, 6) is 0.645. The van der Waals surface area contributed by atoms with Crippen LogP contribution in [0.4, 0.5) is 0 Å². The van der Waals surface area contributed by atoms with Gasteiger partial charge in [0.15, 0.2) is 0 Å². The SMILES string of the molecule is C=C(C)C1Cc2ccccc21. The normalized spacial score (nSPS) is 20.3. The van der Waals surface area contributed by atoms with E-state index in [0.717, 1.165) is 0 Å². The molecule has 56 valence electrons. The van der Waals surface area contributed by atoms with E-state index in [0.29, 0.717) is 5.92 Å². The van der Waals surface area contributed by atoms with Gasteiger partial charge >= 0.3 is 0 Å². The van der Waals surface area contributed by atoms with Crippen LogP contribution in [0.1, 0.15) is 24.0 Å². The molecule has 0 aliphatic heterocycles. The van der Waals surface area contributed by atoms with Gasteiger partial charge in [-0.15, -0.1) is 0 Å². The van der Waals surface area contributed by atoms with E-state index in [4.69, 9.17) is 0 Å². The van der Waals surface area contributed by atoms with Gasteiger partial charge in [0.2, 0.25) is 0 Å². The number of rotatable bonds is 1. The molecule has 2 rings (SSSR count). The fourth-order valence-electron chi connectivity index (χ4n) is 1.70. The molecule has 1 aliphatic carbocycles. The monoisotopic (exact) mass is 144 g/mol. The quantitative estimate of drug-likeness (QED) is 0.532. The summed E-state index contributed by atoms with van der Waals surface area (Å²) in [5, 5.41) is 0. The van der Waals surface area contributed by atoms with Crippen molar-refractivity contribution < 1.29 is 0 Å². The second-order valence-electron chi connectivity index (χ2n) is 3.30. The Morgan fingerprint density at radius 1 is 1.45 bits per heavy atom. The van der Waals surface area contributed by atoms with Gasteiger partial charge in [0.05, 0.1) is 0 Å². The highest BCUT2D eigenvalue weighted by molar-refractivity contribution is 5.44. The zero-order chi connectivity index (χ0) is 7.84. The van der Waals surface area contributed by atoms with Gasteiger partial charge in [0, 0.05) is 5.92 Å². The van der Waals surface area contributed by atoms with Gasteiger partial charge in [0.25, 0.3) is 0 Å². The number of fused-ring (bicyclic) bond motifs is 1. The van der Waals surface area contributed by atoms with E-state index in [1.165, 1.54) is 23.1 Å². The second kappa shape index (κ2) is 2.23. The predicted octanol–water partition coefficient (Wildman–Crippen LogP) is 2.90. The second-order valence-corrected chi connectivity index (χ2v) is 3.30. The molecule has 0 amide bonds. The molecule has 0 fully saturated rings. The molecule has 0 heteroatoms. The number of hydrogen-bond donors (Lipinski definition) is 0. The molecule has 1 atom stereocenters. The predicted molar refractivity (Wildman–Crippen MR) is 47.7 cm³/mol. The van der Waals surface area contributed by atoms with Gasteiger partial charge in [-0.1, -0.05) is 36.4 Å². The van der Waals surface area contributed by atoms with Crippen LogP contribution < -0.4 is 0 Å². The summed E-state index contributed by atoms with van der Waals surface area (Å²) in [5.41, 5.74) is 4.28. The topological polar surface area (TPSA) is 0 Å². The van der Waals surface area contributed by atoms with Crippen molar-refractivity contribution in [3.8, 4) is 0 Å². The molecule has 1 aliphatic rings. The third-order valence-electron chi connectivity index (χ3n) is 2.45. The van der Waals surface area contributed by atoms with E-state index in [9.17, 15) is 0 Å². The van der Waals surface area contributed by atoms with Gasteiger partial charge in [-0.2, -0.15) is 0 Å². The molecule has 0 bridgehead atoms. The van der Waals surface area contributed by atoms with Crippen molar-refractivity contribution in [1.82, 2.24) is 0 Å². The van der Waals surface area contributed by atoms with E-state index in [1.54, 1.807) is 0 Å². The fraction of sp³-hybridized carbons (Fsp3) is 0.273. The van der Waals surface area contributed by atoms with E-state index in [1.807, 2.05) is 0 Å². The van der Waals surface area contributed by atoms with Crippen molar-refractivity contribution in [1.29, 1.82) is 0 Å². The van der Waals surface area contributed by atoms with Gasteiger partial charge < -0.3 is 0 Å². The lowest BCUT2D eigenvalue weighted by molar-refractivity contribution is 0.695. The zero-order valence-electron chi connectivity index (χ0n) is 6.80. The fourth-order valence-corrected chi connectivity index (χ4v) is 1.70. The van der Waals surface area contributed by atoms with Gasteiger partial charge in [0.1, 0.15) is 0 Å². The van der Waals surface area contributed by atoms with Crippen LogP contribution in [0.15, 0.2) is 36.4 Å². The molecule has 0 nitrogen and oxygen atoms in total. The standard InChI is InChI=1S/C11H12/c1-8(2)11-7-9-5-3-4-6-10(9)11/h3-6,11H,1,7H2,2H3. The van der Waals surface area contributed by atoms with Crippen molar-refractivity contribution in [2.45, 2.75) is 19.3 Å². The van der Waals surface area contributed by atoms with Crippen LogP contribution in [0, 0.1) is 0 Å². The number of allylic oxidation sites excluding steroid dienone is 1. The summed E-state index contributed by atoms with van der Waals surface area (Å²) in [6.45, 7) is 6.09. The van der Waals surface area contributed by atoms with Crippen LogP contribution in [0.3, 0.4) is 0 Å². The third kappa shape index (κ3) is 0.900. The first-order valence-electron chi connectivity index (χ1n) is 4.02. The van der Waals surface area contributed by atoms with Gasteiger partial charge in [-0.3, -0.25) is 0 Å². The first-order chi connectivity index (χ1) is 5.29. The summed E-state index contributed by atoms with van der Waals surface area (Å²) in [6, 6.07) is 8.62. The van der Waals surface area contributed by atoms with E-state index >= 15 is 0 Å². The maximum absolute atomic E-state index is 3.98. The molecule has 0 N–H and O–H groups in total. The highest BCUT2D eigenvalue weighted by Gasteiger charge is 2.25. The lowest BCUT2D eigenvalue weighted by atomic mass is 9.74. The highest BCUT2D eigenvalue weighted by Crippen LogP contribution is 2.38. The van der Waals surface area contributed by atoms with Crippen LogP contribution in [0.5, 0.6) is 0 Å². The van der Waals surface area contributed by atoms with E-state index in [-0.39, 0.29) is 0 Å². The molecular weight excluding hydrogens is 132 g/mol. The molecule has 0 radical (unpaired) electrons. The molecule has 1 aromatic rings. The van der Waals surface area contributed by atoms with Crippen molar-refractivity contribution >= 4 is 0 Å². The Morgan fingerprint density at radius 2 is 2.18 bits per heavy atom. The molecule has 0 saturated carbocycles. The Morgan fingerprint density at radius 3 is 2.82 bits per heavy atom. The summed E-state index contributed by atoms with van der Waals surface area (Å²) in [6.07, 6.45) is 1.20. The van der Waals surface area contributed by atoms with Crippen LogP contribution in [-0.4, -0.2) is 0 Å². The summed E-state index contributed by atoms with van der Waals surface area (Å²) < 4.78 is 0. The Kier molecular flexibility index (Phi) is 1.35. The largest absolute Gasteiger partial charge is 0.0995 e. The number of benzene rings is 1. The van der Waals surface area contributed by atoms with E-state index in [2.05, 4.69) is 37.8 Å². The first kappa shape index (κ1) is 6.66. The Labute approximate surface area is 67.6 Å². The lowest BCUT2D eigenvalue weighted by Gasteiger charge is -2.30. The van der Waals surface area contributed by atoms with Crippen LogP contribution >= 0.6 is 0 Å². The average molecular weight is 144 g/mol. The van der Waals surface area contributed by atoms with Crippen molar-refractivity contribution in [2.24, 2.45) is 0 Å². The molecule has 0 spiro atoms.